The standard InChI is InChI=1S/C24H27F3N4O2/c1-14-10-15(2)12-18(11-14)31-20-13-17(24(25,26)27)6-7-19(20)22(23(31)33)16(3)28-29-21(32)8-9-30(4)5/h6-7,10-13,33H,8-9H2,1-5H3,(H,29,32). The molecule has 0 fully saturated rings. The van der Waals surface area contributed by atoms with Gasteiger partial charge in [0.25, 0.3) is 0 Å². The highest BCUT2D eigenvalue weighted by atomic mass is 19.4. The first kappa shape index (κ1) is 24.3. The summed E-state index contributed by atoms with van der Waals surface area (Å²) in [7, 11) is 3.69. The van der Waals surface area contributed by atoms with Crippen LogP contribution in [-0.2, 0) is 11.0 Å². The molecule has 0 unspecified atom stereocenters. The van der Waals surface area contributed by atoms with Gasteiger partial charge in [0, 0.05) is 24.0 Å². The maximum atomic E-state index is 13.4. The number of halogens is 3. The van der Waals surface area contributed by atoms with Crippen LogP contribution in [0.25, 0.3) is 16.6 Å². The van der Waals surface area contributed by atoms with Gasteiger partial charge in [-0.05, 0) is 70.3 Å². The van der Waals surface area contributed by atoms with Gasteiger partial charge in [-0.25, -0.2) is 5.43 Å². The number of aromatic nitrogens is 1. The van der Waals surface area contributed by atoms with Crippen LogP contribution in [-0.4, -0.2) is 46.8 Å². The molecule has 2 N–H and O–H groups in total. The summed E-state index contributed by atoms with van der Waals surface area (Å²) in [5.41, 5.74) is 4.69. The lowest BCUT2D eigenvalue weighted by molar-refractivity contribution is -0.137. The molecule has 6 nitrogen and oxygen atoms in total. The summed E-state index contributed by atoms with van der Waals surface area (Å²) in [6.07, 6.45) is -4.31. The fourth-order valence-electron chi connectivity index (χ4n) is 3.73. The van der Waals surface area contributed by atoms with Gasteiger partial charge in [0.15, 0.2) is 0 Å². The van der Waals surface area contributed by atoms with E-state index in [2.05, 4.69) is 10.5 Å². The monoisotopic (exact) mass is 460 g/mol. The zero-order valence-corrected chi connectivity index (χ0v) is 19.2. The van der Waals surface area contributed by atoms with Crippen molar-refractivity contribution >= 4 is 22.5 Å². The molecule has 0 aliphatic carbocycles. The number of carbonyl (C=O) groups excluding carboxylic acids is 1. The molecule has 1 amide bonds. The van der Waals surface area contributed by atoms with Crippen LogP contribution in [0.2, 0.25) is 0 Å². The second-order valence-electron chi connectivity index (χ2n) is 8.40. The molecule has 0 aliphatic heterocycles. The molecule has 3 aromatic rings. The van der Waals surface area contributed by atoms with Gasteiger partial charge < -0.3 is 10.0 Å². The van der Waals surface area contributed by atoms with Crippen LogP contribution in [0.5, 0.6) is 5.88 Å². The van der Waals surface area contributed by atoms with E-state index in [0.29, 0.717) is 17.6 Å². The second-order valence-corrected chi connectivity index (χ2v) is 8.40. The van der Waals surface area contributed by atoms with E-state index < -0.39 is 11.7 Å². The molecule has 3 rings (SSSR count). The highest BCUT2D eigenvalue weighted by Gasteiger charge is 2.32. The Morgan fingerprint density at radius 2 is 1.76 bits per heavy atom. The summed E-state index contributed by atoms with van der Waals surface area (Å²) >= 11 is 0. The van der Waals surface area contributed by atoms with Crippen LogP contribution in [0.4, 0.5) is 13.2 Å². The van der Waals surface area contributed by atoms with E-state index in [0.717, 1.165) is 23.3 Å². The molecule has 1 heterocycles. The van der Waals surface area contributed by atoms with E-state index in [1.807, 2.05) is 38.9 Å². The van der Waals surface area contributed by atoms with Crippen LogP contribution >= 0.6 is 0 Å². The van der Waals surface area contributed by atoms with Gasteiger partial charge in [-0.15, -0.1) is 0 Å². The zero-order valence-electron chi connectivity index (χ0n) is 19.2. The SMILES string of the molecule is CC(=NNC(=O)CCN(C)C)c1c(O)n(-c2cc(C)cc(C)c2)c2cc(C(F)(F)F)ccc12. The molecule has 9 heteroatoms. The molecule has 0 saturated carbocycles. The van der Waals surface area contributed by atoms with E-state index >= 15 is 0 Å². The van der Waals surface area contributed by atoms with Crippen molar-refractivity contribution < 1.29 is 23.1 Å². The van der Waals surface area contributed by atoms with Gasteiger partial charge in [0.05, 0.1) is 22.4 Å². The molecule has 0 radical (unpaired) electrons. The minimum absolute atomic E-state index is 0.191. The normalized spacial score (nSPS) is 12.6. The summed E-state index contributed by atoms with van der Waals surface area (Å²) in [6.45, 7) is 5.87. The number of nitrogens with zero attached hydrogens (tertiary/aromatic N) is 3. The van der Waals surface area contributed by atoms with Crippen molar-refractivity contribution in [1.29, 1.82) is 0 Å². The number of hydrogen-bond donors (Lipinski definition) is 2. The molecule has 2 aromatic carbocycles. The number of benzene rings is 2. The summed E-state index contributed by atoms with van der Waals surface area (Å²) < 4.78 is 41.7. The molecular weight excluding hydrogens is 433 g/mol. The van der Waals surface area contributed by atoms with Crippen LogP contribution in [0.1, 0.15) is 35.6 Å². The van der Waals surface area contributed by atoms with Crippen molar-refractivity contribution in [2.45, 2.75) is 33.4 Å². The number of amides is 1. The number of hydrazone groups is 1. The van der Waals surface area contributed by atoms with Gasteiger partial charge in [-0.3, -0.25) is 9.36 Å². The number of fused-ring (bicyclic) bond motifs is 1. The summed E-state index contributed by atoms with van der Waals surface area (Å²) in [6, 6.07) is 8.81. The Balaban J connectivity index is 2.17. The van der Waals surface area contributed by atoms with E-state index in [1.54, 1.807) is 19.1 Å². The van der Waals surface area contributed by atoms with Crippen molar-refractivity contribution in [3.05, 3.63) is 58.7 Å². The van der Waals surface area contributed by atoms with Crippen LogP contribution in [0.15, 0.2) is 41.5 Å². The molecule has 1 aromatic heterocycles. The van der Waals surface area contributed by atoms with E-state index in [1.165, 1.54) is 10.6 Å². The van der Waals surface area contributed by atoms with Crippen molar-refractivity contribution in [2.24, 2.45) is 5.10 Å². The minimum Gasteiger partial charge on any atom is -0.494 e. The van der Waals surface area contributed by atoms with Gasteiger partial charge in [0.2, 0.25) is 11.8 Å². The predicted octanol–water partition coefficient (Wildman–Crippen LogP) is 4.76. The Morgan fingerprint density at radius 1 is 1.12 bits per heavy atom. The second kappa shape index (κ2) is 9.27. The molecule has 0 saturated heterocycles. The lowest BCUT2D eigenvalue weighted by Crippen LogP contribution is -2.24. The quantitative estimate of drug-likeness (QED) is 0.412. The van der Waals surface area contributed by atoms with Crippen molar-refractivity contribution in [3.8, 4) is 11.6 Å². The Kier molecular flexibility index (Phi) is 6.83. The lowest BCUT2D eigenvalue weighted by atomic mass is 10.1. The fourth-order valence-corrected chi connectivity index (χ4v) is 3.73. The average molecular weight is 461 g/mol. The Hall–Kier alpha value is -3.33. The minimum atomic E-state index is -4.54. The third kappa shape index (κ3) is 5.36. The molecule has 0 aliphatic rings. The maximum absolute atomic E-state index is 13.4. The molecule has 0 bridgehead atoms. The Labute approximate surface area is 190 Å². The third-order valence-electron chi connectivity index (χ3n) is 5.23. The number of aryl methyl sites for hydroxylation is 2. The van der Waals surface area contributed by atoms with Crippen LogP contribution in [0, 0.1) is 13.8 Å². The lowest BCUT2D eigenvalue weighted by Gasteiger charge is -2.11. The van der Waals surface area contributed by atoms with Crippen molar-refractivity contribution in [1.82, 2.24) is 14.9 Å². The number of nitrogens with one attached hydrogen (secondary N) is 1. The molecular formula is C24H27F3N4O2. The van der Waals surface area contributed by atoms with Crippen LogP contribution in [0.3, 0.4) is 0 Å². The number of alkyl halides is 3. The largest absolute Gasteiger partial charge is 0.494 e. The Bertz CT molecular complexity index is 1210. The smallest absolute Gasteiger partial charge is 0.416 e. The third-order valence-corrected chi connectivity index (χ3v) is 5.23. The van der Waals surface area contributed by atoms with E-state index in [4.69, 9.17) is 0 Å². The molecule has 33 heavy (non-hydrogen) atoms. The number of hydrogen-bond acceptors (Lipinski definition) is 4. The number of rotatable bonds is 6. The highest BCUT2D eigenvalue weighted by molar-refractivity contribution is 6.13. The summed E-state index contributed by atoms with van der Waals surface area (Å²) in [5.74, 6) is -0.557. The van der Waals surface area contributed by atoms with Gasteiger partial charge in [-0.1, -0.05) is 12.1 Å². The summed E-state index contributed by atoms with van der Waals surface area (Å²) in [5, 5.41) is 15.6. The van der Waals surface area contributed by atoms with Gasteiger partial charge in [0.1, 0.15) is 0 Å². The van der Waals surface area contributed by atoms with Gasteiger partial charge in [-0.2, -0.15) is 18.3 Å². The average Bonchev–Trinajstić information content (AvgIpc) is 3.00. The van der Waals surface area contributed by atoms with Crippen molar-refractivity contribution in [2.75, 3.05) is 20.6 Å². The van der Waals surface area contributed by atoms with E-state index in [-0.39, 0.29) is 35.0 Å². The van der Waals surface area contributed by atoms with Crippen molar-refractivity contribution in [3.63, 3.8) is 0 Å². The first-order chi connectivity index (χ1) is 15.4. The van der Waals surface area contributed by atoms with Gasteiger partial charge >= 0.3 is 6.18 Å². The summed E-state index contributed by atoms with van der Waals surface area (Å²) in [4.78, 5) is 13.9. The zero-order chi connectivity index (χ0) is 24.5. The maximum Gasteiger partial charge on any atom is 0.416 e. The molecule has 176 valence electrons. The van der Waals surface area contributed by atoms with E-state index in [9.17, 15) is 23.1 Å². The highest BCUT2D eigenvalue weighted by Crippen LogP contribution is 2.39. The predicted molar refractivity (Wildman–Crippen MR) is 123 cm³/mol. The fraction of sp³-hybridized carbons (Fsp3) is 0.333. The first-order valence-electron chi connectivity index (χ1n) is 10.4. The number of aromatic hydroxyl groups is 1. The first-order valence-corrected chi connectivity index (χ1v) is 10.4. The topological polar surface area (TPSA) is 69.9 Å². The molecule has 0 atom stereocenters. The Morgan fingerprint density at radius 3 is 2.33 bits per heavy atom. The van der Waals surface area contributed by atoms with Crippen LogP contribution < -0.4 is 5.43 Å². The number of carbonyl (C=O) groups is 1. The molecule has 0 spiro atoms.